The number of hydrogen-bond acceptors (Lipinski definition) is 0. The first-order chi connectivity index (χ1) is 9.33. The third-order valence-corrected chi connectivity index (χ3v) is 5.11. The summed E-state index contributed by atoms with van der Waals surface area (Å²) in [6.45, 7) is 0. The summed E-state index contributed by atoms with van der Waals surface area (Å²) in [5.74, 6) is 0. The van der Waals surface area contributed by atoms with Crippen molar-refractivity contribution in [3.8, 4) is 0 Å². The first-order valence-electron chi connectivity index (χ1n) is 6.96. The van der Waals surface area contributed by atoms with Crippen LogP contribution in [0, 0.1) is 0 Å². The topological polar surface area (TPSA) is 0 Å². The predicted molar refractivity (Wildman–Crippen MR) is 85.8 cm³/mol. The second-order valence-electron chi connectivity index (χ2n) is 5.46. The molecule has 0 unspecified atom stereocenters. The van der Waals surface area contributed by atoms with Crippen molar-refractivity contribution in [3.05, 3.63) is 58.1 Å². The minimum atomic E-state index is 1.24. The van der Waals surface area contributed by atoms with Crippen molar-refractivity contribution in [2.24, 2.45) is 0 Å². The number of fused-ring (bicyclic) bond motifs is 3. The number of halogens is 1. The maximum atomic E-state index is 3.81. The Bertz CT molecular complexity index is 786. The highest BCUT2D eigenvalue weighted by atomic mass is 79.9. The van der Waals surface area contributed by atoms with Crippen LogP contribution in [-0.2, 0) is 12.8 Å². The van der Waals surface area contributed by atoms with Gasteiger partial charge in [0.15, 0.2) is 0 Å². The number of benzene rings is 3. The average molecular weight is 311 g/mol. The van der Waals surface area contributed by atoms with Crippen molar-refractivity contribution in [1.29, 1.82) is 0 Å². The molecule has 0 spiro atoms. The van der Waals surface area contributed by atoms with Crippen LogP contribution < -0.4 is 0 Å². The third-order valence-electron chi connectivity index (χ3n) is 4.26. The summed E-state index contributed by atoms with van der Waals surface area (Å²) in [5, 5.41) is 5.36. The van der Waals surface area contributed by atoms with Crippen LogP contribution in [0.2, 0.25) is 0 Å². The second kappa shape index (κ2) is 4.35. The van der Waals surface area contributed by atoms with E-state index in [2.05, 4.69) is 58.4 Å². The Hall–Kier alpha value is -1.34. The van der Waals surface area contributed by atoms with Gasteiger partial charge in [-0.15, -0.1) is 0 Å². The van der Waals surface area contributed by atoms with E-state index in [1.54, 1.807) is 11.1 Å². The Labute approximate surface area is 121 Å². The molecule has 0 saturated heterocycles. The lowest BCUT2D eigenvalue weighted by Gasteiger charge is -2.17. The molecule has 3 aromatic carbocycles. The van der Waals surface area contributed by atoms with E-state index < -0.39 is 0 Å². The Balaban J connectivity index is 2.12. The molecule has 0 N–H and O–H groups in total. The van der Waals surface area contributed by atoms with Gasteiger partial charge in [-0.3, -0.25) is 0 Å². The zero-order chi connectivity index (χ0) is 12.8. The summed E-state index contributed by atoms with van der Waals surface area (Å²) >= 11 is 3.81. The average Bonchev–Trinajstić information content (AvgIpc) is 2.46. The van der Waals surface area contributed by atoms with Gasteiger partial charge < -0.3 is 0 Å². The van der Waals surface area contributed by atoms with Crippen LogP contribution in [0.3, 0.4) is 0 Å². The van der Waals surface area contributed by atoms with E-state index in [4.69, 9.17) is 0 Å². The van der Waals surface area contributed by atoms with Crippen LogP contribution in [0.1, 0.15) is 24.0 Å². The smallest absolute Gasteiger partial charge is 0.0332 e. The fourth-order valence-electron chi connectivity index (χ4n) is 3.25. The van der Waals surface area contributed by atoms with Gasteiger partial charge >= 0.3 is 0 Å². The summed E-state index contributed by atoms with van der Waals surface area (Å²) in [5.41, 5.74) is 3.11. The first-order valence-corrected chi connectivity index (χ1v) is 7.75. The minimum Gasteiger partial charge on any atom is -0.0616 e. The van der Waals surface area contributed by atoms with E-state index in [1.165, 1.54) is 51.7 Å². The molecule has 1 heteroatoms. The molecule has 0 bridgehead atoms. The van der Waals surface area contributed by atoms with E-state index in [1.807, 2.05) is 0 Å². The number of hydrogen-bond donors (Lipinski definition) is 0. The van der Waals surface area contributed by atoms with Crippen LogP contribution in [0.4, 0.5) is 0 Å². The fraction of sp³-hybridized carbons (Fsp3) is 0.222. The lowest BCUT2D eigenvalue weighted by Crippen LogP contribution is -2.02. The normalized spacial score (nSPS) is 14.8. The molecule has 19 heavy (non-hydrogen) atoms. The van der Waals surface area contributed by atoms with Gasteiger partial charge in [0.05, 0.1) is 0 Å². The SMILES string of the molecule is Brc1c2ccccc2cc2cc3c(cc12)CCCC3. The molecule has 1 aliphatic rings. The summed E-state index contributed by atoms with van der Waals surface area (Å²) < 4.78 is 1.24. The Kier molecular flexibility index (Phi) is 2.63. The highest BCUT2D eigenvalue weighted by Crippen LogP contribution is 2.35. The van der Waals surface area contributed by atoms with Crippen molar-refractivity contribution >= 4 is 37.5 Å². The molecular weight excluding hydrogens is 296 g/mol. The van der Waals surface area contributed by atoms with E-state index in [9.17, 15) is 0 Å². The number of rotatable bonds is 0. The van der Waals surface area contributed by atoms with E-state index >= 15 is 0 Å². The lowest BCUT2D eigenvalue weighted by atomic mass is 9.89. The molecule has 0 fully saturated rings. The highest BCUT2D eigenvalue weighted by Gasteiger charge is 2.12. The Morgan fingerprint density at radius 3 is 2.32 bits per heavy atom. The maximum Gasteiger partial charge on any atom is 0.0332 e. The molecule has 3 aromatic rings. The third kappa shape index (κ3) is 1.80. The van der Waals surface area contributed by atoms with E-state index in [-0.39, 0.29) is 0 Å². The standard InChI is InChI=1S/C18H15Br/c19-18-16-8-4-3-7-14(16)10-15-9-12-5-1-2-6-13(12)11-17(15)18/h3-4,7-11H,1-2,5-6H2. The highest BCUT2D eigenvalue weighted by molar-refractivity contribution is 9.10. The van der Waals surface area contributed by atoms with Crippen LogP contribution in [-0.4, -0.2) is 0 Å². The molecule has 0 radical (unpaired) electrons. The van der Waals surface area contributed by atoms with Crippen LogP contribution in [0.15, 0.2) is 46.9 Å². The summed E-state index contributed by atoms with van der Waals surface area (Å²) in [4.78, 5) is 0. The molecule has 0 amide bonds. The van der Waals surface area contributed by atoms with Crippen molar-refractivity contribution in [2.45, 2.75) is 25.7 Å². The lowest BCUT2D eigenvalue weighted by molar-refractivity contribution is 0.687. The molecule has 1 aliphatic carbocycles. The van der Waals surface area contributed by atoms with Gasteiger partial charge in [0.1, 0.15) is 0 Å². The Morgan fingerprint density at radius 2 is 1.47 bits per heavy atom. The number of aryl methyl sites for hydroxylation is 2. The second-order valence-corrected chi connectivity index (χ2v) is 6.25. The maximum absolute atomic E-state index is 3.81. The van der Waals surface area contributed by atoms with Crippen molar-refractivity contribution in [3.63, 3.8) is 0 Å². The van der Waals surface area contributed by atoms with Crippen LogP contribution in [0.25, 0.3) is 21.5 Å². The van der Waals surface area contributed by atoms with Crippen molar-refractivity contribution in [2.75, 3.05) is 0 Å². The van der Waals surface area contributed by atoms with Gasteiger partial charge in [-0.2, -0.15) is 0 Å². The largest absolute Gasteiger partial charge is 0.0616 e. The summed E-state index contributed by atoms with van der Waals surface area (Å²) in [6.07, 6.45) is 5.16. The van der Waals surface area contributed by atoms with Crippen molar-refractivity contribution < 1.29 is 0 Å². The van der Waals surface area contributed by atoms with E-state index in [0.29, 0.717) is 0 Å². The summed E-state index contributed by atoms with van der Waals surface area (Å²) in [7, 11) is 0. The van der Waals surface area contributed by atoms with Gasteiger partial charge in [0.25, 0.3) is 0 Å². The van der Waals surface area contributed by atoms with Gasteiger partial charge in [-0.05, 0) is 86.4 Å². The summed E-state index contributed by atoms with van der Waals surface area (Å²) in [6, 6.07) is 15.7. The molecule has 94 valence electrons. The quantitative estimate of drug-likeness (QED) is 0.472. The fourth-order valence-corrected chi connectivity index (χ4v) is 3.95. The molecular formula is C18H15Br. The molecule has 4 rings (SSSR count). The van der Waals surface area contributed by atoms with Gasteiger partial charge in [-0.25, -0.2) is 0 Å². The molecule has 0 aliphatic heterocycles. The van der Waals surface area contributed by atoms with Gasteiger partial charge in [-0.1, -0.05) is 30.3 Å². The first kappa shape index (κ1) is 11.5. The monoisotopic (exact) mass is 310 g/mol. The molecule has 0 aromatic heterocycles. The van der Waals surface area contributed by atoms with Crippen LogP contribution >= 0.6 is 15.9 Å². The van der Waals surface area contributed by atoms with Gasteiger partial charge in [0.2, 0.25) is 0 Å². The molecule has 0 heterocycles. The van der Waals surface area contributed by atoms with Crippen molar-refractivity contribution in [1.82, 2.24) is 0 Å². The molecule has 0 saturated carbocycles. The van der Waals surface area contributed by atoms with Gasteiger partial charge in [0, 0.05) is 4.47 Å². The van der Waals surface area contributed by atoms with E-state index in [0.717, 1.165) is 0 Å². The molecule has 0 atom stereocenters. The zero-order valence-electron chi connectivity index (χ0n) is 10.7. The Morgan fingerprint density at radius 1 is 0.737 bits per heavy atom. The zero-order valence-corrected chi connectivity index (χ0v) is 12.3. The minimum absolute atomic E-state index is 1.24. The predicted octanol–water partition coefficient (Wildman–Crippen LogP) is 5.63. The molecule has 0 nitrogen and oxygen atoms in total. The van der Waals surface area contributed by atoms with Crippen LogP contribution in [0.5, 0.6) is 0 Å².